The smallest absolute Gasteiger partial charge is 0.656 e. The molecule has 0 radical (unpaired) electrons. The Morgan fingerprint density at radius 3 is 0.811 bits per heavy atom. The average molecular weight is 1400 g/mol. The van der Waals surface area contributed by atoms with Crippen molar-refractivity contribution < 1.29 is 86.9 Å². The Labute approximate surface area is 507 Å². The van der Waals surface area contributed by atoms with Gasteiger partial charge in [0.25, 0.3) is 0 Å². The number of rotatable bonds is 3. The van der Waals surface area contributed by atoms with Crippen LogP contribution in [-0.4, -0.2) is 15.0 Å². The Morgan fingerprint density at radius 2 is 0.478 bits per heavy atom. The zero-order valence-electron chi connectivity index (χ0n) is 44.6. The van der Waals surface area contributed by atoms with Crippen molar-refractivity contribution in [2.75, 3.05) is 0 Å². The van der Waals surface area contributed by atoms with Gasteiger partial charge in [0.05, 0.1) is 39.6 Å². The first kappa shape index (κ1) is 56.2. The molecule has 440 valence electrons. The van der Waals surface area contributed by atoms with E-state index < -0.39 is 166 Å². The molecule has 5 nitrogen and oxygen atoms in total. The van der Waals surface area contributed by atoms with Crippen LogP contribution in [0, 0.1) is 87.3 Å². The van der Waals surface area contributed by atoms with Gasteiger partial charge in [0.2, 0.25) is 17.5 Å². The molecule has 5 heterocycles. The molecule has 0 saturated heterocycles. The van der Waals surface area contributed by atoms with Crippen molar-refractivity contribution in [3.8, 4) is 78.5 Å². The molecule has 3 aromatic heterocycles. The summed E-state index contributed by atoms with van der Waals surface area (Å²) in [6, 6.07) is 36.4. The maximum absolute atomic E-state index is 17.5. The summed E-state index contributed by atoms with van der Waals surface area (Å²) >= 11 is 0. The van der Waals surface area contributed by atoms with Gasteiger partial charge in [-0.2, -0.15) is 0 Å². The summed E-state index contributed by atoms with van der Waals surface area (Å²) in [6.07, 6.45) is 0. The molecule has 16 rings (SSSR count). The van der Waals surface area contributed by atoms with Gasteiger partial charge in [-0.05, 0) is 124 Å². The van der Waals surface area contributed by atoms with Gasteiger partial charge in [0, 0.05) is 38.9 Å². The van der Waals surface area contributed by atoms with E-state index in [9.17, 15) is 0 Å². The van der Waals surface area contributed by atoms with E-state index >= 15 is 65.9 Å². The van der Waals surface area contributed by atoms with Crippen LogP contribution in [0.25, 0.3) is 165 Å². The van der Waals surface area contributed by atoms with E-state index in [0.717, 1.165) is 0 Å². The van der Waals surface area contributed by atoms with E-state index in [0.29, 0.717) is 21.5 Å². The Balaban J connectivity index is 0.00000676. The van der Waals surface area contributed by atoms with Crippen LogP contribution in [0.3, 0.4) is 0 Å². The molecular formula is C69H24F15N5Pt. The molecule has 0 fully saturated rings. The normalized spacial score (nSPS) is 12.1. The van der Waals surface area contributed by atoms with E-state index in [4.69, 9.17) is 24.9 Å². The van der Waals surface area contributed by atoms with E-state index in [1.54, 1.807) is 72.8 Å². The Hall–Kier alpha value is -10.3. The molecule has 21 heteroatoms. The van der Waals surface area contributed by atoms with Crippen LogP contribution >= 0.6 is 0 Å². The van der Waals surface area contributed by atoms with Gasteiger partial charge in [0.1, 0.15) is 0 Å². The summed E-state index contributed by atoms with van der Waals surface area (Å²) < 4.78 is 248. The van der Waals surface area contributed by atoms with Crippen LogP contribution < -0.4 is 9.97 Å². The van der Waals surface area contributed by atoms with Gasteiger partial charge in [-0.15, -0.1) is 11.0 Å². The van der Waals surface area contributed by atoms with Crippen molar-refractivity contribution in [3.05, 3.63) is 233 Å². The summed E-state index contributed by atoms with van der Waals surface area (Å²) in [6.45, 7) is 0. The molecule has 2 aliphatic rings. The quantitative estimate of drug-likeness (QED) is 0.100. The predicted molar refractivity (Wildman–Crippen MR) is 306 cm³/mol. The maximum Gasteiger partial charge on any atom is 2.00 e. The number of hydrogen-bond donors (Lipinski definition) is 0. The molecular weight excluding hydrogens is 1380 g/mol. The fraction of sp³-hybridized carbons (Fsp3) is 0. The first-order valence-electron chi connectivity index (χ1n) is 26.7. The summed E-state index contributed by atoms with van der Waals surface area (Å²) in [4.78, 5) is 24.2. The van der Waals surface area contributed by atoms with Crippen molar-refractivity contribution in [3.63, 3.8) is 0 Å². The second kappa shape index (κ2) is 20.1. The fourth-order valence-corrected chi connectivity index (χ4v) is 12.4. The molecule has 0 atom stereocenters. The first-order valence-corrected chi connectivity index (χ1v) is 26.7. The van der Waals surface area contributed by atoms with Gasteiger partial charge < -0.3 is 15.0 Å². The van der Waals surface area contributed by atoms with Gasteiger partial charge in [-0.25, -0.2) is 70.8 Å². The molecule has 0 unspecified atom stereocenters. The average Bonchev–Trinajstić information content (AvgIpc) is 1.54. The molecule has 14 aromatic rings. The molecule has 0 N–H and O–H groups in total. The molecule has 8 bridgehead atoms. The fourth-order valence-electron chi connectivity index (χ4n) is 12.4. The maximum atomic E-state index is 17.5. The minimum atomic E-state index is -2.65. The second-order valence-electron chi connectivity index (χ2n) is 21.2. The molecule has 0 spiro atoms. The van der Waals surface area contributed by atoms with Crippen LogP contribution in [-0.2, 0) is 21.1 Å². The molecule has 90 heavy (non-hydrogen) atoms. The third-order valence-corrected chi connectivity index (χ3v) is 16.5. The molecule has 11 aromatic carbocycles. The Kier molecular flexibility index (Phi) is 12.5. The molecule has 0 saturated carbocycles. The number of nitrogens with zero attached hydrogens (tertiary/aromatic N) is 5. The third-order valence-electron chi connectivity index (χ3n) is 16.5. The van der Waals surface area contributed by atoms with Crippen molar-refractivity contribution in [2.45, 2.75) is 0 Å². The number of benzene rings is 11. The number of halogens is 15. The van der Waals surface area contributed by atoms with Crippen molar-refractivity contribution >= 4 is 86.8 Å². The van der Waals surface area contributed by atoms with E-state index in [1.807, 2.05) is 0 Å². The van der Waals surface area contributed by atoms with Gasteiger partial charge in [0.15, 0.2) is 69.8 Å². The standard InChI is InChI=1S/C69H24F15N5.Pt/c70-47-41(48(71)54(77)59(82)53(47)76)44-62-33-17-25-9-1-3-11-27(25)19-35(33)64(85-62)45(42-49(72)55(78)60(83)56(79)50(42)73)66-37-21-29-13-5-7-15-31(29)23-39(37)68(87-66)89-69-40-24-32-16-8-6-14-30(32)22-38(40)67(88-69)46(43-51(74)57(80)61(84)58(81)52(43)75)65-36-20-28-12-4-2-10-26(28)18-34(36)63(44)86-65;/h1-24H;/q-2;+2. The second-order valence-corrected chi connectivity index (χ2v) is 21.2. The van der Waals surface area contributed by atoms with Crippen LogP contribution in [0.1, 0.15) is 0 Å². The first-order chi connectivity index (χ1) is 42.9. The molecule has 0 amide bonds. The Morgan fingerprint density at radius 1 is 0.233 bits per heavy atom. The van der Waals surface area contributed by atoms with Crippen LogP contribution in [0.2, 0.25) is 0 Å². The largest absolute Gasteiger partial charge is 2.00 e. The SMILES string of the molecule is Fc1c(F)c(F)c(-c2c3nc(c(-c4c(F)c(F)c(F)c(F)c4F)c4[n-]c(c(-c5c(F)c(F)c(F)c(F)c5F)c5nc(nc6[n-]c2c2cc7ccccc7cc62)-c2cc6ccccc6cc2-5)c2cc5ccccc5cc42)-c2cc4ccccc4cc2-3)c(F)c1F.[Pt+2]. The molecule has 0 aliphatic carbocycles. The summed E-state index contributed by atoms with van der Waals surface area (Å²) in [5.74, 6) is -37.9. The zero-order valence-corrected chi connectivity index (χ0v) is 46.9. The van der Waals surface area contributed by atoms with Crippen LogP contribution in [0.15, 0.2) is 146 Å². The summed E-state index contributed by atoms with van der Waals surface area (Å²) in [5, 5.41) is 1.85. The van der Waals surface area contributed by atoms with Crippen molar-refractivity contribution in [2.24, 2.45) is 0 Å². The monoisotopic (exact) mass is 1400 g/mol. The van der Waals surface area contributed by atoms with E-state index in [2.05, 4.69) is 0 Å². The van der Waals surface area contributed by atoms with Crippen LogP contribution in [0.4, 0.5) is 65.9 Å². The van der Waals surface area contributed by atoms with Gasteiger partial charge in [-0.1, -0.05) is 97.1 Å². The summed E-state index contributed by atoms with van der Waals surface area (Å²) in [5.41, 5.74) is -14.1. The molecule has 2 aliphatic heterocycles. The van der Waals surface area contributed by atoms with Crippen LogP contribution in [0.5, 0.6) is 0 Å². The zero-order chi connectivity index (χ0) is 61.5. The topological polar surface area (TPSA) is 66.9 Å². The van der Waals surface area contributed by atoms with Gasteiger partial charge >= 0.3 is 21.1 Å². The van der Waals surface area contributed by atoms with E-state index in [1.165, 1.54) is 72.8 Å². The Bertz CT molecular complexity index is 5690. The minimum Gasteiger partial charge on any atom is -0.656 e. The predicted octanol–water partition coefficient (Wildman–Crippen LogP) is 19.6. The number of aromatic nitrogens is 5. The number of fused-ring (bicyclic) bond motifs is 24. The number of hydrogen-bond acceptors (Lipinski definition) is 3. The minimum absolute atomic E-state index is 0. The third kappa shape index (κ3) is 7.82. The van der Waals surface area contributed by atoms with Crippen molar-refractivity contribution in [1.82, 2.24) is 24.9 Å². The van der Waals surface area contributed by atoms with Crippen molar-refractivity contribution in [1.29, 1.82) is 0 Å². The van der Waals surface area contributed by atoms with Gasteiger partial charge in [-0.3, -0.25) is 4.98 Å². The summed E-state index contributed by atoms with van der Waals surface area (Å²) in [7, 11) is 0. The van der Waals surface area contributed by atoms with E-state index in [-0.39, 0.29) is 86.4 Å².